The lowest BCUT2D eigenvalue weighted by molar-refractivity contribution is 0.170. The molecule has 0 amide bonds. The van der Waals surface area contributed by atoms with Gasteiger partial charge in [0, 0.05) is 32.6 Å². The van der Waals surface area contributed by atoms with E-state index in [1.54, 1.807) is 11.6 Å². The molecule has 2 aliphatic heterocycles. The Morgan fingerprint density at radius 1 is 1.23 bits per heavy atom. The van der Waals surface area contributed by atoms with Crippen molar-refractivity contribution < 1.29 is 9.47 Å². The maximum atomic E-state index is 12.2. The Labute approximate surface area is 153 Å². The van der Waals surface area contributed by atoms with Gasteiger partial charge in [0.1, 0.15) is 19.0 Å². The quantitative estimate of drug-likeness (QED) is 0.833. The number of benzene rings is 1. The Hall–Kier alpha value is -2.28. The van der Waals surface area contributed by atoms with Crippen LogP contribution in [0.2, 0.25) is 0 Å². The van der Waals surface area contributed by atoms with E-state index in [4.69, 9.17) is 9.47 Å². The number of hydrogen-bond donors (Lipinski definition) is 0. The Morgan fingerprint density at radius 2 is 2.04 bits per heavy atom. The molecule has 4 rings (SSSR count). The van der Waals surface area contributed by atoms with Gasteiger partial charge in [-0.05, 0) is 44.0 Å². The van der Waals surface area contributed by atoms with Gasteiger partial charge < -0.3 is 9.47 Å². The first-order valence-electron chi connectivity index (χ1n) is 9.40. The van der Waals surface area contributed by atoms with E-state index < -0.39 is 0 Å². The Balaban J connectivity index is 1.49. The van der Waals surface area contributed by atoms with Gasteiger partial charge in [0.25, 0.3) is 0 Å². The topological polar surface area (TPSA) is 61.5 Å². The lowest BCUT2D eigenvalue weighted by Crippen LogP contribution is -2.35. The monoisotopic (exact) mass is 358 g/mol. The Bertz CT molecular complexity index is 842. The minimum Gasteiger partial charge on any atom is -0.486 e. The van der Waals surface area contributed by atoms with Crippen molar-refractivity contribution in [3.8, 4) is 11.5 Å². The Morgan fingerprint density at radius 3 is 2.85 bits per heavy atom. The van der Waals surface area contributed by atoms with Crippen LogP contribution in [0.25, 0.3) is 0 Å². The zero-order valence-corrected chi connectivity index (χ0v) is 15.5. The molecule has 1 fully saturated rings. The van der Waals surface area contributed by atoms with E-state index in [0.29, 0.717) is 25.7 Å². The molecule has 0 radical (unpaired) electrons. The van der Waals surface area contributed by atoms with Crippen LogP contribution in [-0.4, -0.2) is 45.6 Å². The highest BCUT2D eigenvalue weighted by Gasteiger charge is 2.27. The number of likely N-dealkylation sites (tertiary alicyclic amines) is 1. The molecule has 0 N–H and O–H groups in total. The molecule has 0 spiro atoms. The average molecular weight is 358 g/mol. The third-order valence-corrected chi connectivity index (χ3v) is 5.24. The summed E-state index contributed by atoms with van der Waals surface area (Å²) in [6.45, 7) is 6.75. The molecule has 7 heteroatoms. The molecule has 0 saturated carbocycles. The van der Waals surface area contributed by atoms with Crippen molar-refractivity contribution in [1.29, 1.82) is 0 Å². The highest BCUT2D eigenvalue weighted by molar-refractivity contribution is 5.43. The molecule has 7 nitrogen and oxygen atoms in total. The number of fused-ring (bicyclic) bond motifs is 1. The van der Waals surface area contributed by atoms with Gasteiger partial charge in [0.05, 0.1) is 0 Å². The van der Waals surface area contributed by atoms with Crippen LogP contribution in [0, 0.1) is 0 Å². The van der Waals surface area contributed by atoms with Crippen molar-refractivity contribution >= 4 is 0 Å². The standard InChI is InChI=1S/C19H26N4O3/c1-3-23-18(20-21(2)19(23)24)15-5-4-8-22(13-15)12-14-6-7-16-17(11-14)26-10-9-25-16/h6-7,11,15H,3-5,8-10,12-13H2,1-2H3. The van der Waals surface area contributed by atoms with Crippen LogP contribution in [0.5, 0.6) is 11.5 Å². The predicted molar refractivity (Wildman–Crippen MR) is 97.8 cm³/mol. The highest BCUT2D eigenvalue weighted by Crippen LogP contribution is 2.32. The number of hydrogen-bond acceptors (Lipinski definition) is 5. The van der Waals surface area contributed by atoms with Crippen LogP contribution >= 0.6 is 0 Å². The van der Waals surface area contributed by atoms with Crippen LogP contribution in [0.4, 0.5) is 0 Å². The molecule has 3 heterocycles. The second kappa shape index (κ2) is 7.15. The summed E-state index contributed by atoms with van der Waals surface area (Å²) in [7, 11) is 1.73. The molecule has 1 aromatic heterocycles. The molecule has 1 atom stereocenters. The van der Waals surface area contributed by atoms with Crippen LogP contribution in [0.15, 0.2) is 23.0 Å². The molecule has 1 aromatic carbocycles. The second-order valence-electron chi connectivity index (χ2n) is 7.06. The van der Waals surface area contributed by atoms with E-state index in [1.165, 1.54) is 10.2 Å². The number of ether oxygens (including phenoxy) is 2. The summed E-state index contributed by atoms with van der Waals surface area (Å²) in [5.41, 5.74) is 1.20. The fourth-order valence-electron chi connectivity index (χ4n) is 3.98. The van der Waals surface area contributed by atoms with Crippen molar-refractivity contribution in [3.63, 3.8) is 0 Å². The lowest BCUT2D eigenvalue weighted by Gasteiger charge is -2.32. The van der Waals surface area contributed by atoms with Gasteiger partial charge in [-0.1, -0.05) is 6.07 Å². The SMILES string of the molecule is CCn1c(C2CCCN(Cc3ccc4c(c3)OCCO4)C2)nn(C)c1=O. The normalized spacial score (nSPS) is 20.3. The Kier molecular flexibility index (Phi) is 4.72. The maximum Gasteiger partial charge on any atom is 0.345 e. The minimum absolute atomic E-state index is 0.0218. The molecule has 0 bridgehead atoms. The largest absolute Gasteiger partial charge is 0.486 e. The molecule has 2 aliphatic rings. The first-order valence-corrected chi connectivity index (χ1v) is 9.40. The van der Waals surface area contributed by atoms with Gasteiger partial charge in [-0.15, -0.1) is 0 Å². The van der Waals surface area contributed by atoms with E-state index in [0.717, 1.165) is 49.8 Å². The number of rotatable bonds is 4. The van der Waals surface area contributed by atoms with Gasteiger partial charge in [0.15, 0.2) is 11.5 Å². The summed E-state index contributed by atoms with van der Waals surface area (Å²) >= 11 is 0. The van der Waals surface area contributed by atoms with Gasteiger partial charge in [-0.25, -0.2) is 9.48 Å². The van der Waals surface area contributed by atoms with Crippen molar-refractivity contribution in [2.75, 3.05) is 26.3 Å². The van der Waals surface area contributed by atoms with Crippen LogP contribution in [-0.2, 0) is 20.1 Å². The first kappa shape index (κ1) is 17.1. The summed E-state index contributed by atoms with van der Waals surface area (Å²) in [4.78, 5) is 14.6. The fourth-order valence-corrected chi connectivity index (χ4v) is 3.98. The number of piperidine rings is 1. The maximum absolute atomic E-state index is 12.2. The van der Waals surface area contributed by atoms with Crippen molar-refractivity contribution in [1.82, 2.24) is 19.2 Å². The molecule has 2 aromatic rings. The third-order valence-electron chi connectivity index (χ3n) is 5.24. The van der Waals surface area contributed by atoms with E-state index in [2.05, 4.69) is 22.1 Å². The van der Waals surface area contributed by atoms with E-state index in [9.17, 15) is 4.79 Å². The molecule has 1 saturated heterocycles. The first-order chi connectivity index (χ1) is 12.7. The van der Waals surface area contributed by atoms with Gasteiger partial charge in [-0.2, -0.15) is 5.10 Å². The van der Waals surface area contributed by atoms with E-state index in [-0.39, 0.29) is 5.69 Å². The van der Waals surface area contributed by atoms with Crippen LogP contribution in [0.3, 0.4) is 0 Å². The molecule has 1 unspecified atom stereocenters. The fraction of sp³-hybridized carbons (Fsp3) is 0.579. The van der Waals surface area contributed by atoms with Gasteiger partial charge in [0.2, 0.25) is 0 Å². The van der Waals surface area contributed by atoms with Crippen molar-refractivity contribution in [3.05, 3.63) is 40.1 Å². The highest BCUT2D eigenvalue weighted by atomic mass is 16.6. The minimum atomic E-state index is -0.0218. The zero-order valence-electron chi connectivity index (χ0n) is 15.5. The number of aromatic nitrogens is 3. The summed E-state index contributed by atoms with van der Waals surface area (Å²) in [6.07, 6.45) is 2.19. The number of aryl methyl sites for hydroxylation is 1. The molecule has 0 aliphatic carbocycles. The molecular formula is C19H26N4O3. The summed E-state index contributed by atoms with van der Waals surface area (Å²) < 4.78 is 14.6. The second-order valence-corrected chi connectivity index (χ2v) is 7.06. The van der Waals surface area contributed by atoms with Gasteiger partial charge in [-0.3, -0.25) is 9.47 Å². The average Bonchev–Trinajstić information content (AvgIpc) is 2.96. The summed E-state index contributed by atoms with van der Waals surface area (Å²) in [5.74, 6) is 2.89. The molecule has 26 heavy (non-hydrogen) atoms. The van der Waals surface area contributed by atoms with Crippen LogP contribution < -0.4 is 15.2 Å². The zero-order chi connectivity index (χ0) is 18.1. The predicted octanol–water partition coefficient (Wildman–Crippen LogP) is 1.75. The van der Waals surface area contributed by atoms with Gasteiger partial charge >= 0.3 is 5.69 Å². The third kappa shape index (κ3) is 3.23. The summed E-state index contributed by atoms with van der Waals surface area (Å²) in [6, 6.07) is 6.19. The summed E-state index contributed by atoms with van der Waals surface area (Å²) in [5, 5.41) is 4.51. The van der Waals surface area contributed by atoms with Crippen molar-refractivity contribution in [2.24, 2.45) is 7.05 Å². The molecule has 140 valence electrons. The van der Waals surface area contributed by atoms with Crippen molar-refractivity contribution in [2.45, 2.75) is 38.8 Å². The van der Waals surface area contributed by atoms with Crippen LogP contribution in [0.1, 0.15) is 37.1 Å². The van der Waals surface area contributed by atoms with E-state index in [1.807, 2.05) is 13.0 Å². The molecular weight excluding hydrogens is 332 g/mol. The van der Waals surface area contributed by atoms with E-state index >= 15 is 0 Å². The lowest BCUT2D eigenvalue weighted by atomic mass is 9.96. The number of nitrogens with zero attached hydrogens (tertiary/aromatic N) is 4. The smallest absolute Gasteiger partial charge is 0.345 e.